The molecule has 2 atom stereocenters. The summed E-state index contributed by atoms with van der Waals surface area (Å²) in [5.41, 5.74) is -0.783. The first-order valence-electron chi connectivity index (χ1n) is 9.79. The Morgan fingerprint density at radius 3 is 2.33 bits per heavy atom. The third-order valence-electron chi connectivity index (χ3n) is 6.38. The second kappa shape index (κ2) is 7.84. The molecule has 0 aromatic rings. The highest BCUT2D eigenvalue weighted by atomic mass is 16.3. The van der Waals surface area contributed by atoms with Crippen molar-refractivity contribution in [1.82, 2.24) is 10.2 Å². The smallest absolute Gasteiger partial charge is 0.240 e. The second-order valence-electron chi connectivity index (χ2n) is 7.96. The fourth-order valence-electron chi connectivity index (χ4n) is 4.76. The zero-order chi connectivity index (χ0) is 17.0. The molecule has 3 rings (SSSR count). The Morgan fingerprint density at radius 2 is 1.71 bits per heavy atom. The fourth-order valence-corrected chi connectivity index (χ4v) is 4.76. The lowest BCUT2D eigenvalue weighted by molar-refractivity contribution is -0.130. The van der Waals surface area contributed by atoms with Crippen molar-refractivity contribution < 1.29 is 9.90 Å². The molecule has 0 aromatic carbocycles. The first kappa shape index (κ1) is 17.7. The van der Waals surface area contributed by atoms with Crippen LogP contribution in [0.25, 0.3) is 0 Å². The van der Waals surface area contributed by atoms with E-state index in [1.807, 2.05) is 0 Å². The van der Waals surface area contributed by atoms with Crippen LogP contribution in [0.4, 0.5) is 0 Å². The number of likely N-dealkylation sites (tertiary alicyclic amines) is 1. The van der Waals surface area contributed by atoms with Crippen LogP contribution in [0.5, 0.6) is 0 Å². The van der Waals surface area contributed by atoms with Crippen LogP contribution in [0, 0.1) is 16.7 Å². The summed E-state index contributed by atoms with van der Waals surface area (Å²) in [7, 11) is 0. The number of piperidine rings is 1. The molecule has 3 fully saturated rings. The maximum atomic E-state index is 12.7. The number of carbonyl (C=O) groups excluding carboxylic acids is 1. The average Bonchev–Trinajstić information content (AvgIpc) is 2.63. The maximum Gasteiger partial charge on any atom is 0.240 e. The van der Waals surface area contributed by atoms with Crippen molar-refractivity contribution in [3.63, 3.8) is 0 Å². The van der Waals surface area contributed by atoms with Crippen LogP contribution in [-0.2, 0) is 4.79 Å². The van der Waals surface area contributed by atoms with E-state index < -0.39 is 5.41 Å². The summed E-state index contributed by atoms with van der Waals surface area (Å²) in [6.07, 6.45) is 10.6. The standard InChI is InChI=1S/C19H31N3O2/c20-14-19(10-4-1-5-11-19)18(24)21-15-8-12-22(13-9-15)16-6-2-3-7-17(16)23/h15-17,23H,1-13H2,(H,21,24). The minimum absolute atomic E-state index is 0.0409. The molecule has 2 aliphatic carbocycles. The summed E-state index contributed by atoms with van der Waals surface area (Å²) in [6, 6.07) is 2.80. The van der Waals surface area contributed by atoms with Crippen molar-refractivity contribution in [2.75, 3.05) is 13.1 Å². The van der Waals surface area contributed by atoms with Crippen LogP contribution in [0.2, 0.25) is 0 Å². The van der Waals surface area contributed by atoms with Gasteiger partial charge >= 0.3 is 0 Å². The monoisotopic (exact) mass is 333 g/mol. The number of aliphatic hydroxyl groups is 1. The minimum atomic E-state index is -0.783. The van der Waals surface area contributed by atoms with Crippen molar-refractivity contribution in [2.45, 2.75) is 88.8 Å². The van der Waals surface area contributed by atoms with E-state index in [1.165, 1.54) is 6.42 Å². The zero-order valence-electron chi connectivity index (χ0n) is 14.7. The first-order valence-corrected chi connectivity index (χ1v) is 9.79. The van der Waals surface area contributed by atoms with Gasteiger partial charge in [0, 0.05) is 25.2 Å². The van der Waals surface area contributed by atoms with E-state index in [0.29, 0.717) is 18.9 Å². The molecule has 2 unspecified atom stereocenters. The van der Waals surface area contributed by atoms with E-state index in [-0.39, 0.29) is 18.1 Å². The Kier molecular flexibility index (Phi) is 5.78. The van der Waals surface area contributed by atoms with Crippen LogP contribution < -0.4 is 5.32 Å². The molecule has 1 heterocycles. The number of hydrogen-bond donors (Lipinski definition) is 2. The number of nitrogens with zero attached hydrogens (tertiary/aromatic N) is 2. The van der Waals surface area contributed by atoms with Gasteiger partial charge in [0.2, 0.25) is 5.91 Å². The molecule has 0 bridgehead atoms. The Balaban J connectivity index is 1.50. The molecule has 24 heavy (non-hydrogen) atoms. The number of hydrogen-bond acceptors (Lipinski definition) is 4. The van der Waals surface area contributed by atoms with E-state index in [9.17, 15) is 15.2 Å². The van der Waals surface area contributed by atoms with Crippen molar-refractivity contribution >= 4 is 5.91 Å². The first-order chi connectivity index (χ1) is 11.6. The number of nitrogens with one attached hydrogen (secondary N) is 1. The van der Waals surface area contributed by atoms with Gasteiger partial charge in [-0.05, 0) is 38.5 Å². The lowest BCUT2D eigenvalue weighted by atomic mass is 9.74. The maximum absolute atomic E-state index is 12.7. The topological polar surface area (TPSA) is 76.4 Å². The van der Waals surface area contributed by atoms with Gasteiger partial charge in [0.15, 0.2) is 0 Å². The van der Waals surface area contributed by atoms with Crippen molar-refractivity contribution in [1.29, 1.82) is 5.26 Å². The lowest BCUT2D eigenvalue weighted by Gasteiger charge is -2.42. The number of carbonyl (C=O) groups is 1. The van der Waals surface area contributed by atoms with Gasteiger partial charge in [0.05, 0.1) is 12.2 Å². The van der Waals surface area contributed by atoms with Gasteiger partial charge < -0.3 is 10.4 Å². The zero-order valence-corrected chi connectivity index (χ0v) is 14.7. The summed E-state index contributed by atoms with van der Waals surface area (Å²) in [4.78, 5) is 15.1. The van der Waals surface area contributed by atoms with Crippen molar-refractivity contribution in [2.24, 2.45) is 5.41 Å². The quantitative estimate of drug-likeness (QED) is 0.831. The number of aliphatic hydroxyl groups excluding tert-OH is 1. The molecule has 3 aliphatic rings. The molecule has 0 spiro atoms. The highest BCUT2D eigenvalue weighted by Crippen LogP contribution is 2.36. The lowest BCUT2D eigenvalue weighted by Crippen LogP contribution is -2.54. The summed E-state index contributed by atoms with van der Waals surface area (Å²) in [5, 5.41) is 22.9. The summed E-state index contributed by atoms with van der Waals surface area (Å²) >= 11 is 0. The molecular formula is C19H31N3O2. The molecular weight excluding hydrogens is 302 g/mol. The molecule has 0 radical (unpaired) electrons. The Morgan fingerprint density at radius 1 is 1.04 bits per heavy atom. The molecule has 1 saturated heterocycles. The largest absolute Gasteiger partial charge is 0.391 e. The number of nitriles is 1. The summed E-state index contributed by atoms with van der Waals surface area (Å²) < 4.78 is 0. The third-order valence-corrected chi connectivity index (χ3v) is 6.38. The predicted octanol–water partition coefficient (Wildman–Crippen LogP) is 2.34. The summed E-state index contributed by atoms with van der Waals surface area (Å²) in [5.74, 6) is -0.0409. The molecule has 1 aliphatic heterocycles. The average molecular weight is 333 g/mol. The second-order valence-corrected chi connectivity index (χ2v) is 7.96. The van der Waals surface area contributed by atoms with Crippen molar-refractivity contribution in [3.8, 4) is 6.07 Å². The highest BCUT2D eigenvalue weighted by molar-refractivity contribution is 5.85. The normalized spacial score (nSPS) is 32.0. The predicted molar refractivity (Wildman–Crippen MR) is 92.1 cm³/mol. The molecule has 2 N–H and O–H groups in total. The van der Waals surface area contributed by atoms with Gasteiger partial charge in [-0.1, -0.05) is 32.1 Å². The van der Waals surface area contributed by atoms with Gasteiger partial charge in [-0.2, -0.15) is 5.26 Å². The van der Waals surface area contributed by atoms with Crippen LogP contribution >= 0.6 is 0 Å². The summed E-state index contributed by atoms with van der Waals surface area (Å²) in [6.45, 7) is 1.87. The van der Waals surface area contributed by atoms with Gasteiger partial charge in [-0.3, -0.25) is 9.69 Å². The fraction of sp³-hybridized carbons (Fsp3) is 0.895. The van der Waals surface area contributed by atoms with Gasteiger partial charge in [-0.25, -0.2) is 0 Å². The molecule has 134 valence electrons. The van der Waals surface area contributed by atoms with Crippen LogP contribution in [0.1, 0.15) is 70.6 Å². The van der Waals surface area contributed by atoms with E-state index >= 15 is 0 Å². The highest BCUT2D eigenvalue weighted by Gasteiger charge is 2.41. The molecule has 1 amide bonds. The van der Waals surface area contributed by atoms with Gasteiger partial charge in [0.1, 0.15) is 5.41 Å². The molecule has 5 nitrogen and oxygen atoms in total. The van der Waals surface area contributed by atoms with E-state index in [0.717, 1.165) is 64.5 Å². The minimum Gasteiger partial charge on any atom is -0.391 e. The van der Waals surface area contributed by atoms with Crippen LogP contribution in [-0.4, -0.2) is 47.2 Å². The van der Waals surface area contributed by atoms with E-state index in [1.54, 1.807) is 0 Å². The SMILES string of the molecule is N#CC1(C(=O)NC2CCN(C3CCCCC3O)CC2)CCCCC1. The van der Waals surface area contributed by atoms with Gasteiger partial charge in [-0.15, -0.1) is 0 Å². The Labute approximate surface area is 145 Å². The number of amides is 1. The van der Waals surface area contributed by atoms with Crippen LogP contribution in [0.15, 0.2) is 0 Å². The van der Waals surface area contributed by atoms with E-state index in [4.69, 9.17) is 0 Å². The van der Waals surface area contributed by atoms with Crippen molar-refractivity contribution in [3.05, 3.63) is 0 Å². The molecule has 2 saturated carbocycles. The molecule has 5 heteroatoms. The third kappa shape index (κ3) is 3.75. The number of rotatable bonds is 3. The Bertz CT molecular complexity index is 473. The van der Waals surface area contributed by atoms with Gasteiger partial charge in [0.25, 0.3) is 0 Å². The Hall–Kier alpha value is -1.12. The van der Waals surface area contributed by atoms with Crippen LogP contribution in [0.3, 0.4) is 0 Å². The van der Waals surface area contributed by atoms with E-state index in [2.05, 4.69) is 16.3 Å². The molecule has 0 aromatic heterocycles.